The monoisotopic (exact) mass is 357 g/mol. The van der Waals surface area contributed by atoms with E-state index >= 15 is 0 Å². The molecule has 1 saturated carbocycles. The Morgan fingerprint density at radius 1 is 1.23 bits per heavy atom. The molecule has 3 rings (SSSR count). The molecule has 1 aromatic heterocycles. The number of likely N-dealkylation sites (N-methyl/N-ethyl adjacent to an activating group) is 1. The minimum atomic E-state index is -0.366. The van der Waals surface area contributed by atoms with Gasteiger partial charge in [-0.25, -0.2) is 4.79 Å². The van der Waals surface area contributed by atoms with E-state index in [9.17, 15) is 9.59 Å². The van der Waals surface area contributed by atoms with Crippen LogP contribution in [0.2, 0.25) is 0 Å². The van der Waals surface area contributed by atoms with E-state index in [0.717, 1.165) is 23.9 Å². The molecule has 5 heteroatoms. The lowest BCUT2D eigenvalue weighted by Crippen LogP contribution is -2.35. The lowest BCUT2D eigenvalue weighted by Gasteiger charge is -2.27. The lowest BCUT2D eigenvalue weighted by molar-refractivity contribution is -0.132. The molecule has 2 aromatic rings. The SMILES string of the molecule is CCc1cc(=O)oc2cc(OCC(=O)N(C)CC3CCCCC3)ccc12. The number of fused-ring (bicyclic) bond motifs is 1. The van der Waals surface area contributed by atoms with Crippen molar-refractivity contribution in [2.45, 2.75) is 45.4 Å². The van der Waals surface area contributed by atoms with Crippen LogP contribution in [0.5, 0.6) is 5.75 Å². The zero-order chi connectivity index (χ0) is 18.5. The van der Waals surface area contributed by atoms with E-state index in [1.54, 1.807) is 11.0 Å². The average molecular weight is 357 g/mol. The predicted octanol–water partition coefficient (Wildman–Crippen LogP) is 3.77. The highest BCUT2D eigenvalue weighted by Crippen LogP contribution is 2.25. The molecule has 1 heterocycles. The molecule has 1 amide bonds. The quantitative estimate of drug-likeness (QED) is 0.738. The van der Waals surface area contributed by atoms with E-state index in [-0.39, 0.29) is 18.1 Å². The summed E-state index contributed by atoms with van der Waals surface area (Å²) in [6.45, 7) is 2.79. The van der Waals surface area contributed by atoms with E-state index in [1.165, 1.54) is 38.2 Å². The Morgan fingerprint density at radius 3 is 2.73 bits per heavy atom. The van der Waals surface area contributed by atoms with Gasteiger partial charge in [0.05, 0.1) is 0 Å². The molecule has 1 aromatic carbocycles. The number of carbonyl (C=O) groups is 1. The van der Waals surface area contributed by atoms with E-state index in [0.29, 0.717) is 17.3 Å². The van der Waals surface area contributed by atoms with Gasteiger partial charge in [-0.15, -0.1) is 0 Å². The van der Waals surface area contributed by atoms with Gasteiger partial charge in [0, 0.05) is 31.1 Å². The molecule has 1 aliphatic carbocycles. The van der Waals surface area contributed by atoms with Gasteiger partial charge in [-0.1, -0.05) is 26.2 Å². The van der Waals surface area contributed by atoms with Crippen LogP contribution in [0.25, 0.3) is 11.0 Å². The first-order chi connectivity index (χ1) is 12.6. The number of amides is 1. The first-order valence-corrected chi connectivity index (χ1v) is 9.50. The van der Waals surface area contributed by atoms with Gasteiger partial charge in [-0.05, 0) is 42.9 Å². The number of ether oxygens (including phenoxy) is 1. The van der Waals surface area contributed by atoms with Crippen molar-refractivity contribution in [1.82, 2.24) is 4.90 Å². The maximum absolute atomic E-state index is 12.3. The number of nitrogens with zero attached hydrogens (tertiary/aromatic N) is 1. The summed E-state index contributed by atoms with van der Waals surface area (Å²) in [5.41, 5.74) is 1.08. The average Bonchev–Trinajstić information content (AvgIpc) is 2.65. The second-order valence-electron chi connectivity index (χ2n) is 7.17. The van der Waals surface area contributed by atoms with E-state index < -0.39 is 0 Å². The van der Waals surface area contributed by atoms with Crippen LogP contribution in [0.15, 0.2) is 33.5 Å². The second-order valence-corrected chi connectivity index (χ2v) is 7.17. The van der Waals surface area contributed by atoms with Gasteiger partial charge in [0.25, 0.3) is 5.91 Å². The van der Waals surface area contributed by atoms with Crippen LogP contribution in [-0.4, -0.2) is 31.0 Å². The molecule has 0 N–H and O–H groups in total. The lowest BCUT2D eigenvalue weighted by atomic mass is 9.89. The summed E-state index contributed by atoms with van der Waals surface area (Å²) in [6, 6.07) is 6.90. The third kappa shape index (κ3) is 4.45. The standard InChI is InChI=1S/C21H27NO4/c1-3-16-11-21(24)26-19-12-17(9-10-18(16)19)25-14-20(23)22(2)13-15-7-5-4-6-8-15/h9-12,15H,3-8,13-14H2,1-2H3. The molecule has 140 valence electrons. The molecule has 0 radical (unpaired) electrons. The van der Waals surface area contributed by atoms with Gasteiger partial charge < -0.3 is 14.1 Å². The van der Waals surface area contributed by atoms with Crippen molar-refractivity contribution >= 4 is 16.9 Å². The smallest absolute Gasteiger partial charge is 0.336 e. The maximum atomic E-state index is 12.3. The molecule has 5 nitrogen and oxygen atoms in total. The molecule has 1 aliphatic rings. The highest BCUT2D eigenvalue weighted by Gasteiger charge is 2.18. The van der Waals surface area contributed by atoms with E-state index in [2.05, 4.69) is 0 Å². The van der Waals surface area contributed by atoms with Gasteiger partial charge in [0.1, 0.15) is 11.3 Å². The summed E-state index contributed by atoms with van der Waals surface area (Å²) in [5, 5.41) is 0.903. The second kappa shape index (κ2) is 8.39. The van der Waals surface area contributed by atoms with Crippen LogP contribution in [-0.2, 0) is 11.2 Å². The first kappa shape index (κ1) is 18.5. The van der Waals surface area contributed by atoms with Gasteiger partial charge in [0.2, 0.25) is 0 Å². The van der Waals surface area contributed by atoms with Crippen molar-refractivity contribution in [3.05, 3.63) is 40.2 Å². The summed E-state index contributed by atoms with van der Waals surface area (Å²) in [6.07, 6.45) is 7.03. The largest absolute Gasteiger partial charge is 0.484 e. The molecule has 0 saturated heterocycles. The van der Waals surface area contributed by atoms with Gasteiger partial charge in [0.15, 0.2) is 6.61 Å². The normalized spacial score (nSPS) is 15.2. The molecule has 0 atom stereocenters. The van der Waals surface area contributed by atoms with Crippen molar-refractivity contribution in [3.63, 3.8) is 0 Å². The van der Waals surface area contributed by atoms with Crippen molar-refractivity contribution in [2.75, 3.05) is 20.2 Å². The van der Waals surface area contributed by atoms with Gasteiger partial charge in [-0.3, -0.25) is 4.79 Å². The number of rotatable bonds is 6. The Morgan fingerprint density at radius 2 is 2.00 bits per heavy atom. The Labute approximate surface area is 153 Å². The summed E-state index contributed by atoms with van der Waals surface area (Å²) >= 11 is 0. The van der Waals surface area contributed by atoms with Crippen LogP contribution in [0.4, 0.5) is 0 Å². The van der Waals surface area contributed by atoms with E-state index in [4.69, 9.17) is 9.15 Å². The fourth-order valence-electron chi connectivity index (χ4n) is 3.71. The van der Waals surface area contributed by atoms with Crippen molar-refractivity contribution < 1.29 is 13.9 Å². The number of carbonyl (C=O) groups excluding carboxylic acids is 1. The Kier molecular flexibility index (Phi) is 5.96. The highest BCUT2D eigenvalue weighted by molar-refractivity contribution is 5.82. The molecule has 26 heavy (non-hydrogen) atoms. The van der Waals surface area contributed by atoms with Crippen molar-refractivity contribution in [3.8, 4) is 5.75 Å². The summed E-state index contributed by atoms with van der Waals surface area (Å²) in [4.78, 5) is 25.8. The fourth-order valence-corrected chi connectivity index (χ4v) is 3.71. The van der Waals surface area contributed by atoms with Gasteiger partial charge in [-0.2, -0.15) is 0 Å². The summed E-state index contributed by atoms with van der Waals surface area (Å²) in [7, 11) is 1.84. The number of benzene rings is 1. The molecule has 1 fully saturated rings. The molecule has 0 aliphatic heterocycles. The summed E-state index contributed by atoms with van der Waals surface area (Å²) < 4.78 is 10.9. The van der Waals surface area contributed by atoms with Crippen LogP contribution in [0, 0.1) is 5.92 Å². The summed E-state index contributed by atoms with van der Waals surface area (Å²) in [5.74, 6) is 1.12. The number of hydrogen-bond donors (Lipinski definition) is 0. The third-order valence-electron chi connectivity index (χ3n) is 5.23. The number of aryl methyl sites for hydroxylation is 1. The predicted molar refractivity (Wildman–Crippen MR) is 102 cm³/mol. The molecular weight excluding hydrogens is 330 g/mol. The molecule has 0 spiro atoms. The molecule has 0 bridgehead atoms. The first-order valence-electron chi connectivity index (χ1n) is 9.50. The van der Waals surface area contributed by atoms with Gasteiger partial charge >= 0.3 is 5.63 Å². The number of hydrogen-bond acceptors (Lipinski definition) is 4. The third-order valence-corrected chi connectivity index (χ3v) is 5.23. The maximum Gasteiger partial charge on any atom is 0.336 e. The van der Waals surface area contributed by atoms with Crippen molar-refractivity contribution in [1.29, 1.82) is 0 Å². The Bertz CT molecular complexity index is 820. The Hall–Kier alpha value is -2.30. The molecule has 0 unspecified atom stereocenters. The topological polar surface area (TPSA) is 59.8 Å². The van der Waals surface area contributed by atoms with Crippen molar-refractivity contribution in [2.24, 2.45) is 5.92 Å². The minimum absolute atomic E-state index is 0.00751. The highest BCUT2D eigenvalue weighted by atomic mass is 16.5. The van der Waals surface area contributed by atoms with E-state index in [1.807, 2.05) is 26.1 Å². The molecular formula is C21H27NO4. The zero-order valence-electron chi connectivity index (χ0n) is 15.6. The van der Waals surface area contributed by atoms with Crippen LogP contribution < -0.4 is 10.4 Å². The minimum Gasteiger partial charge on any atom is -0.484 e. The van der Waals surface area contributed by atoms with Crippen LogP contribution >= 0.6 is 0 Å². The zero-order valence-corrected chi connectivity index (χ0v) is 15.6. The van der Waals surface area contributed by atoms with Crippen LogP contribution in [0.1, 0.15) is 44.6 Å². The van der Waals surface area contributed by atoms with Crippen LogP contribution in [0.3, 0.4) is 0 Å². The Balaban J connectivity index is 1.61. The fraction of sp³-hybridized carbons (Fsp3) is 0.524.